The highest BCUT2D eigenvalue weighted by Crippen LogP contribution is 2.29. The van der Waals surface area contributed by atoms with Crippen LogP contribution >= 0.6 is 0 Å². The van der Waals surface area contributed by atoms with Gasteiger partial charge in [-0.3, -0.25) is 24.5 Å². The summed E-state index contributed by atoms with van der Waals surface area (Å²) in [6, 6.07) is 9.82. The van der Waals surface area contributed by atoms with Crippen LogP contribution in [0.2, 0.25) is 0 Å². The third-order valence-corrected chi connectivity index (χ3v) is 3.29. The molecular weight excluding hydrogens is 356 g/mol. The first kappa shape index (κ1) is 19.4. The Hall–Kier alpha value is -3.95. The van der Waals surface area contributed by atoms with Gasteiger partial charge in [-0.2, -0.15) is 0 Å². The van der Waals surface area contributed by atoms with Crippen LogP contribution in [-0.2, 0) is 14.4 Å². The third-order valence-electron chi connectivity index (χ3n) is 3.29. The number of ether oxygens (including phenoxy) is 1. The Balaban J connectivity index is 2.09. The lowest BCUT2D eigenvalue weighted by atomic mass is 10.2. The quantitative estimate of drug-likeness (QED) is 0.417. The van der Waals surface area contributed by atoms with Crippen molar-refractivity contribution in [1.29, 1.82) is 0 Å². The first-order valence-electron chi connectivity index (χ1n) is 7.62. The van der Waals surface area contributed by atoms with Crippen molar-refractivity contribution in [2.24, 2.45) is 0 Å². The number of nitro benzene ring substituents is 1. The molecule has 3 N–H and O–H groups in total. The number of anilines is 3. The van der Waals surface area contributed by atoms with Gasteiger partial charge < -0.3 is 20.7 Å². The Kier molecular flexibility index (Phi) is 6.05. The molecule has 0 spiro atoms. The van der Waals surface area contributed by atoms with Crippen LogP contribution in [0.1, 0.15) is 6.92 Å². The Labute approximate surface area is 153 Å². The number of non-ortho nitro benzene ring substituents is 1. The Morgan fingerprint density at radius 1 is 0.963 bits per heavy atom. The van der Waals surface area contributed by atoms with Crippen LogP contribution in [0.15, 0.2) is 42.5 Å². The van der Waals surface area contributed by atoms with Crippen molar-refractivity contribution in [2.75, 3.05) is 23.1 Å². The SMILES string of the molecule is COc1cc([N+](=O)[O-])ccc1NC(=O)C(=O)Nc1cccc(NC(C)=O)c1. The second-order valence-electron chi connectivity index (χ2n) is 5.31. The molecule has 0 unspecified atom stereocenters. The summed E-state index contributed by atoms with van der Waals surface area (Å²) in [6.45, 7) is 1.34. The molecule has 0 atom stereocenters. The van der Waals surface area contributed by atoms with E-state index < -0.39 is 16.7 Å². The molecule has 0 fully saturated rings. The number of hydrogen-bond acceptors (Lipinski definition) is 6. The van der Waals surface area contributed by atoms with E-state index in [9.17, 15) is 24.5 Å². The average molecular weight is 372 g/mol. The molecule has 2 aromatic carbocycles. The lowest BCUT2D eigenvalue weighted by molar-refractivity contribution is -0.384. The average Bonchev–Trinajstić information content (AvgIpc) is 2.61. The number of amides is 3. The zero-order valence-corrected chi connectivity index (χ0v) is 14.4. The van der Waals surface area contributed by atoms with Crippen LogP contribution in [0.5, 0.6) is 5.75 Å². The van der Waals surface area contributed by atoms with E-state index in [1.807, 2.05) is 0 Å². The number of methoxy groups -OCH3 is 1. The second-order valence-corrected chi connectivity index (χ2v) is 5.31. The fourth-order valence-corrected chi connectivity index (χ4v) is 2.14. The Morgan fingerprint density at radius 2 is 1.59 bits per heavy atom. The van der Waals surface area contributed by atoms with Gasteiger partial charge in [0.2, 0.25) is 5.91 Å². The molecule has 2 rings (SSSR count). The van der Waals surface area contributed by atoms with E-state index in [1.54, 1.807) is 18.2 Å². The Bertz CT molecular complexity index is 912. The van der Waals surface area contributed by atoms with Crippen molar-refractivity contribution in [3.8, 4) is 5.75 Å². The minimum absolute atomic E-state index is 0.0398. The summed E-state index contributed by atoms with van der Waals surface area (Å²) in [7, 11) is 1.28. The number of benzene rings is 2. The third kappa shape index (κ3) is 5.26. The van der Waals surface area contributed by atoms with Gasteiger partial charge in [0.15, 0.2) is 0 Å². The number of nitro groups is 1. The van der Waals surface area contributed by atoms with E-state index in [-0.39, 0.29) is 23.0 Å². The van der Waals surface area contributed by atoms with E-state index >= 15 is 0 Å². The van der Waals surface area contributed by atoms with E-state index in [2.05, 4.69) is 16.0 Å². The normalized spacial score (nSPS) is 9.85. The maximum atomic E-state index is 12.1. The number of nitrogens with one attached hydrogen (secondary N) is 3. The number of hydrogen-bond donors (Lipinski definition) is 3. The molecule has 3 amide bonds. The lowest BCUT2D eigenvalue weighted by Crippen LogP contribution is -2.29. The monoisotopic (exact) mass is 372 g/mol. The fraction of sp³-hybridized carbons (Fsp3) is 0.118. The predicted octanol–water partition coefficient (Wildman–Crippen LogP) is 2.14. The molecule has 0 aromatic heterocycles. The van der Waals surface area contributed by atoms with Gasteiger partial charge in [-0.25, -0.2) is 0 Å². The van der Waals surface area contributed by atoms with Gasteiger partial charge in [-0.15, -0.1) is 0 Å². The predicted molar refractivity (Wildman–Crippen MR) is 97.7 cm³/mol. The molecule has 0 radical (unpaired) electrons. The van der Waals surface area contributed by atoms with Crippen LogP contribution in [0.3, 0.4) is 0 Å². The molecule has 10 heteroatoms. The summed E-state index contributed by atoms with van der Waals surface area (Å²) in [5.41, 5.74) is 0.647. The summed E-state index contributed by atoms with van der Waals surface area (Å²) in [5.74, 6) is -2.19. The zero-order chi connectivity index (χ0) is 20.0. The number of carbonyl (C=O) groups excluding carboxylic acids is 3. The summed E-state index contributed by atoms with van der Waals surface area (Å²) >= 11 is 0. The largest absolute Gasteiger partial charge is 0.494 e. The van der Waals surface area contributed by atoms with Gasteiger partial charge in [-0.1, -0.05) is 6.07 Å². The van der Waals surface area contributed by atoms with Crippen molar-refractivity contribution in [3.05, 3.63) is 52.6 Å². The van der Waals surface area contributed by atoms with Gasteiger partial charge in [0.25, 0.3) is 5.69 Å². The maximum Gasteiger partial charge on any atom is 0.314 e. The molecule has 10 nitrogen and oxygen atoms in total. The van der Waals surface area contributed by atoms with Gasteiger partial charge in [0.05, 0.1) is 23.8 Å². The van der Waals surface area contributed by atoms with Crippen LogP contribution in [0.4, 0.5) is 22.7 Å². The first-order chi connectivity index (χ1) is 12.8. The van der Waals surface area contributed by atoms with Crippen LogP contribution in [-0.4, -0.2) is 29.8 Å². The molecule has 0 aliphatic rings. The molecule has 0 saturated heterocycles. The van der Waals surface area contributed by atoms with E-state index in [4.69, 9.17) is 4.74 Å². The van der Waals surface area contributed by atoms with Crippen LogP contribution in [0.25, 0.3) is 0 Å². The highest BCUT2D eigenvalue weighted by atomic mass is 16.6. The van der Waals surface area contributed by atoms with E-state index in [0.29, 0.717) is 11.4 Å². The summed E-state index contributed by atoms with van der Waals surface area (Å²) in [6.07, 6.45) is 0. The standard InChI is InChI=1S/C17H16N4O6/c1-10(22)18-11-4-3-5-12(8-11)19-16(23)17(24)20-14-7-6-13(21(25)26)9-15(14)27-2/h3-9H,1-2H3,(H,18,22)(H,19,23)(H,20,24). The van der Waals surface area contributed by atoms with Crippen molar-refractivity contribution in [1.82, 2.24) is 0 Å². The lowest BCUT2D eigenvalue weighted by Gasteiger charge is -2.11. The summed E-state index contributed by atoms with van der Waals surface area (Å²) in [5, 5.41) is 18.1. The highest BCUT2D eigenvalue weighted by molar-refractivity contribution is 6.43. The van der Waals surface area contributed by atoms with E-state index in [1.165, 1.54) is 32.2 Å². The van der Waals surface area contributed by atoms with Gasteiger partial charge >= 0.3 is 11.8 Å². The number of nitrogens with zero attached hydrogens (tertiary/aromatic N) is 1. The first-order valence-corrected chi connectivity index (χ1v) is 7.62. The maximum absolute atomic E-state index is 12.1. The van der Waals surface area contributed by atoms with Crippen molar-refractivity contribution < 1.29 is 24.0 Å². The number of carbonyl (C=O) groups is 3. The topological polar surface area (TPSA) is 140 Å². The molecule has 0 bridgehead atoms. The summed E-state index contributed by atoms with van der Waals surface area (Å²) < 4.78 is 5.00. The Morgan fingerprint density at radius 3 is 2.19 bits per heavy atom. The molecule has 2 aromatic rings. The molecule has 0 aliphatic heterocycles. The highest BCUT2D eigenvalue weighted by Gasteiger charge is 2.18. The van der Waals surface area contributed by atoms with Crippen LogP contribution < -0.4 is 20.7 Å². The van der Waals surface area contributed by atoms with Gasteiger partial charge in [0.1, 0.15) is 5.75 Å². The fourth-order valence-electron chi connectivity index (χ4n) is 2.14. The molecule has 140 valence electrons. The van der Waals surface area contributed by atoms with Crippen molar-refractivity contribution in [2.45, 2.75) is 6.92 Å². The van der Waals surface area contributed by atoms with Gasteiger partial charge in [0, 0.05) is 24.4 Å². The zero-order valence-electron chi connectivity index (χ0n) is 14.4. The molecule has 0 saturated carbocycles. The molecule has 27 heavy (non-hydrogen) atoms. The molecular formula is C17H16N4O6. The smallest absolute Gasteiger partial charge is 0.314 e. The minimum atomic E-state index is -0.993. The number of rotatable bonds is 5. The summed E-state index contributed by atoms with van der Waals surface area (Å²) in [4.78, 5) is 45.4. The molecule has 0 heterocycles. The molecule has 0 aliphatic carbocycles. The van der Waals surface area contributed by atoms with E-state index in [0.717, 1.165) is 6.07 Å². The van der Waals surface area contributed by atoms with Crippen molar-refractivity contribution in [3.63, 3.8) is 0 Å². The van der Waals surface area contributed by atoms with Crippen LogP contribution in [0, 0.1) is 10.1 Å². The van der Waals surface area contributed by atoms with Crippen molar-refractivity contribution >= 4 is 40.5 Å². The van der Waals surface area contributed by atoms with Gasteiger partial charge in [-0.05, 0) is 24.3 Å². The second kappa shape index (κ2) is 8.43. The minimum Gasteiger partial charge on any atom is -0.494 e.